The number of allylic oxidation sites excluding steroid dienone is 1. The number of aldehydes is 1. The van der Waals surface area contributed by atoms with E-state index >= 15 is 0 Å². The predicted molar refractivity (Wildman–Crippen MR) is 125 cm³/mol. The van der Waals surface area contributed by atoms with Gasteiger partial charge in [0.25, 0.3) is 5.89 Å². The lowest BCUT2D eigenvalue weighted by Gasteiger charge is -2.11. The molecule has 1 aromatic heterocycles. The Labute approximate surface area is 201 Å². The van der Waals surface area contributed by atoms with Gasteiger partial charge in [-0.2, -0.15) is 10.2 Å². The molecule has 4 rings (SSSR count). The highest BCUT2D eigenvalue weighted by Crippen LogP contribution is 2.35. The first-order chi connectivity index (χ1) is 17.0. The molecule has 0 atom stereocenters. The van der Waals surface area contributed by atoms with Crippen LogP contribution < -0.4 is 4.74 Å². The van der Waals surface area contributed by atoms with Crippen LogP contribution in [0.15, 0.2) is 47.0 Å². The van der Waals surface area contributed by atoms with Gasteiger partial charge in [0, 0.05) is 23.1 Å². The van der Waals surface area contributed by atoms with Crippen LogP contribution in [0.2, 0.25) is 0 Å². The van der Waals surface area contributed by atoms with Gasteiger partial charge in [-0.05, 0) is 50.1 Å². The van der Waals surface area contributed by atoms with Crippen molar-refractivity contribution in [2.75, 3.05) is 6.79 Å². The fourth-order valence-electron chi connectivity index (χ4n) is 3.65. The molecule has 0 unspecified atom stereocenters. The number of nitriles is 1. The number of carbonyl (C=O) groups is 2. The van der Waals surface area contributed by atoms with E-state index in [2.05, 4.69) is 16.2 Å². The first-order valence-electron chi connectivity index (χ1n) is 11.1. The van der Waals surface area contributed by atoms with Gasteiger partial charge >= 0.3 is 5.97 Å². The van der Waals surface area contributed by atoms with Gasteiger partial charge in [0.2, 0.25) is 12.6 Å². The van der Waals surface area contributed by atoms with Crippen LogP contribution >= 0.6 is 0 Å². The minimum Gasteiger partial charge on any atom is -0.490 e. The molecule has 0 aliphatic heterocycles. The maximum Gasteiger partial charge on any atom is 0.309 e. The van der Waals surface area contributed by atoms with Crippen LogP contribution in [0, 0.1) is 11.3 Å². The number of hydrogen-bond acceptors (Lipinski definition) is 9. The maximum absolute atomic E-state index is 11.6. The van der Waals surface area contributed by atoms with Gasteiger partial charge in [0.05, 0.1) is 18.1 Å². The van der Waals surface area contributed by atoms with E-state index < -0.39 is 5.97 Å². The van der Waals surface area contributed by atoms with Crippen molar-refractivity contribution in [3.8, 4) is 34.7 Å². The van der Waals surface area contributed by atoms with Crippen molar-refractivity contribution >= 4 is 18.0 Å². The quantitative estimate of drug-likeness (QED) is 0.238. The molecule has 2 aromatic carbocycles. The first kappa shape index (κ1) is 23.7. The van der Waals surface area contributed by atoms with Crippen molar-refractivity contribution in [1.29, 1.82) is 5.26 Å². The van der Waals surface area contributed by atoms with E-state index in [0.29, 0.717) is 41.2 Å². The molecule has 0 saturated carbocycles. The lowest BCUT2D eigenvalue weighted by molar-refractivity contribution is -0.152. The average Bonchev–Trinajstić information content (AvgIpc) is 3.50. The molecule has 0 fully saturated rings. The zero-order valence-electron chi connectivity index (χ0n) is 19.3. The van der Waals surface area contributed by atoms with Gasteiger partial charge in [0.1, 0.15) is 23.9 Å². The molecule has 9 heteroatoms. The van der Waals surface area contributed by atoms with Crippen molar-refractivity contribution < 1.29 is 28.3 Å². The molecule has 1 heterocycles. The van der Waals surface area contributed by atoms with Gasteiger partial charge in [-0.25, -0.2) is 0 Å². The molecule has 0 spiro atoms. The number of nitrogens with zero attached hydrogens (tertiary/aromatic N) is 3. The third-order valence-electron chi connectivity index (χ3n) is 5.21. The molecule has 0 N–H and O–H groups in total. The standard InChI is InChI=1S/C26H23N3O6/c1-16(2)34-22-10-8-17(13-18(22)14-27)26-28-25(29-35-26)21-6-3-5-20-19(21)9-11-23(20)32-15-33-24(31)7-4-12-30/h3,5-6,8,10-13,16H,4,7,9,15H2,1-2H3. The van der Waals surface area contributed by atoms with Gasteiger partial charge in [0.15, 0.2) is 0 Å². The molecule has 1 aliphatic carbocycles. The van der Waals surface area contributed by atoms with Crippen molar-refractivity contribution in [3.05, 3.63) is 59.2 Å². The second-order valence-corrected chi connectivity index (χ2v) is 8.00. The summed E-state index contributed by atoms with van der Waals surface area (Å²) in [6.45, 7) is 3.55. The van der Waals surface area contributed by atoms with Gasteiger partial charge in [-0.1, -0.05) is 23.4 Å². The summed E-state index contributed by atoms with van der Waals surface area (Å²) in [5.74, 6) is 1.29. The third kappa shape index (κ3) is 5.38. The van der Waals surface area contributed by atoms with Crippen LogP contribution in [0.5, 0.6) is 5.75 Å². The van der Waals surface area contributed by atoms with Crippen LogP contribution in [-0.2, 0) is 25.5 Å². The highest BCUT2D eigenvalue weighted by atomic mass is 16.7. The van der Waals surface area contributed by atoms with E-state index in [-0.39, 0.29) is 31.6 Å². The fraction of sp³-hybridized carbons (Fsp3) is 0.269. The Morgan fingerprint density at radius 3 is 2.86 bits per heavy atom. The van der Waals surface area contributed by atoms with Gasteiger partial charge in [-0.15, -0.1) is 0 Å². The molecular weight excluding hydrogens is 450 g/mol. The summed E-state index contributed by atoms with van der Waals surface area (Å²) in [6.07, 6.45) is 3.23. The highest BCUT2D eigenvalue weighted by Gasteiger charge is 2.22. The largest absolute Gasteiger partial charge is 0.490 e. The average molecular weight is 473 g/mol. The van der Waals surface area contributed by atoms with E-state index in [1.165, 1.54) is 0 Å². The number of rotatable bonds is 10. The SMILES string of the molecule is CC(C)Oc1ccc(-c2nc(-c3cccc4c3CC=C4OCOC(=O)CCC=O)no2)cc1C#N. The van der Waals surface area contributed by atoms with Crippen LogP contribution in [0.3, 0.4) is 0 Å². The molecule has 0 saturated heterocycles. The number of aromatic nitrogens is 2. The Kier molecular flexibility index (Phi) is 7.21. The zero-order chi connectivity index (χ0) is 24.8. The number of ether oxygens (including phenoxy) is 3. The molecule has 9 nitrogen and oxygen atoms in total. The molecule has 0 amide bonds. The second kappa shape index (κ2) is 10.7. The summed E-state index contributed by atoms with van der Waals surface area (Å²) in [5, 5.41) is 13.6. The fourth-order valence-corrected chi connectivity index (χ4v) is 3.65. The molecule has 0 radical (unpaired) electrons. The maximum atomic E-state index is 11.6. The van der Waals surface area contributed by atoms with Crippen LogP contribution in [0.4, 0.5) is 0 Å². The van der Waals surface area contributed by atoms with E-state index in [4.69, 9.17) is 18.7 Å². The van der Waals surface area contributed by atoms with E-state index in [1.807, 2.05) is 38.1 Å². The van der Waals surface area contributed by atoms with Crippen LogP contribution in [0.25, 0.3) is 28.6 Å². The number of carbonyl (C=O) groups excluding carboxylic acids is 2. The molecule has 0 bridgehead atoms. The highest BCUT2D eigenvalue weighted by molar-refractivity contribution is 5.77. The Hall–Kier alpha value is -4.45. The first-order valence-corrected chi connectivity index (χ1v) is 11.1. The molecule has 178 valence electrons. The van der Waals surface area contributed by atoms with Crippen LogP contribution in [-0.4, -0.2) is 35.3 Å². The summed E-state index contributed by atoms with van der Waals surface area (Å²) >= 11 is 0. The van der Waals surface area contributed by atoms with Crippen molar-refractivity contribution in [2.45, 2.75) is 39.2 Å². The molecule has 35 heavy (non-hydrogen) atoms. The Bertz CT molecular complexity index is 1320. The molecular formula is C26H23N3O6. The van der Waals surface area contributed by atoms with Crippen LogP contribution in [0.1, 0.15) is 43.4 Å². The van der Waals surface area contributed by atoms with Crippen molar-refractivity contribution in [3.63, 3.8) is 0 Å². The Morgan fingerprint density at radius 2 is 2.09 bits per heavy atom. The lowest BCUT2D eigenvalue weighted by Crippen LogP contribution is -2.08. The zero-order valence-corrected chi connectivity index (χ0v) is 19.3. The summed E-state index contributed by atoms with van der Waals surface area (Å²) in [6, 6.07) is 12.9. The van der Waals surface area contributed by atoms with Crippen molar-refractivity contribution in [1.82, 2.24) is 10.1 Å². The second-order valence-electron chi connectivity index (χ2n) is 8.00. The Morgan fingerprint density at radius 1 is 1.26 bits per heavy atom. The third-order valence-corrected chi connectivity index (χ3v) is 5.21. The molecule has 3 aromatic rings. The number of benzene rings is 2. The van der Waals surface area contributed by atoms with Gasteiger partial charge < -0.3 is 23.5 Å². The Balaban J connectivity index is 1.50. The predicted octanol–water partition coefficient (Wildman–Crippen LogP) is 4.46. The lowest BCUT2D eigenvalue weighted by atomic mass is 10.0. The topological polar surface area (TPSA) is 125 Å². The number of hydrogen-bond donors (Lipinski definition) is 0. The van der Waals surface area contributed by atoms with E-state index in [9.17, 15) is 14.9 Å². The monoisotopic (exact) mass is 473 g/mol. The smallest absolute Gasteiger partial charge is 0.309 e. The van der Waals surface area contributed by atoms with E-state index in [0.717, 1.165) is 16.7 Å². The molecule has 1 aliphatic rings. The van der Waals surface area contributed by atoms with Crippen molar-refractivity contribution in [2.24, 2.45) is 0 Å². The minimum absolute atomic E-state index is 0.0240. The summed E-state index contributed by atoms with van der Waals surface area (Å²) in [4.78, 5) is 26.5. The summed E-state index contributed by atoms with van der Waals surface area (Å²) < 4.78 is 21.8. The van der Waals surface area contributed by atoms with E-state index in [1.54, 1.807) is 18.2 Å². The van der Waals surface area contributed by atoms with Gasteiger partial charge in [-0.3, -0.25) is 4.79 Å². The normalized spacial score (nSPS) is 12.0. The minimum atomic E-state index is -0.493. The summed E-state index contributed by atoms with van der Waals surface area (Å²) in [5.41, 5.74) is 3.59. The summed E-state index contributed by atoms with van der Waals surface area (Å²) in [7, 11) is 0. The number of esters is 1. The number of fused-ring (bicyclic) bond motifs is 1.